The summed E-state index contributed by atoms with van der Waals surface area (Å²) >= 11 is 5.91. The topological polar surface area (TPSA) is 112 Å². The molecule has 1 aliphatic heterocycles. The van der Waals surface area contributed by atoms with Crippen molar-refractivity contribution < 1.29 is 10.7 Å². The van der Waals surface area contributed by atoms with Crippen molar-refractivity contribution in [3.63, 3.8) is 0 Å². The Morgan fingerprint density at radius 1 is 1.57 bits per heavy atom. The molecule has 0 aromatic heterocycles. The number of hydrogen-bond donors (Lipinski definition) is 3. The summed E-state index contributed by atoms with van der Waals surface area (Å²) in [6.07, 6.45) is 0. The molecule has 1 atom stereocenters. The van der Waals surface area contributed by atoms with Gasteiger partial charge in [-0.2, -0.15) is 0 Å². The van der Waals surface area contributed by atoms with E-state index in [2.05, 4.69) is 22.9 Å². The maximum absolute atomic E-state index is 11.0. The van der Waals surface area contributed by atoms with Crippen LogP contribution in [0.15, 0.2) is 18.2 Å². The van der Waals surface area contributed by atoms with Crippen molar-refractivity contribution in [1.82, 2.24) is 10.2 Å². The fourth-order valence-electron chi connectivity index (χ4n) is 2.49. The summed E-state index contributed by atoms with van der Waals surface area (Å²) in [6, 6.07) is 4.67. The zero-order chi connectivity index (χ0) is 15.6. The smallest absolute Gasteiger partial charge is 0.270 e. The Bertz CT molecular complexity index is 672. The Hall–Kier alpha value is -1.83. The first kappa shape index (κ1) is 15.6. The number of nitrogens with two attached hydrogens (primary N) is 1. The summed E-state index contributed by atoms with van der Waals surface area (Å²) in [4.78, 5) is 12.7. The molecule has 6 N–H and O–H groups in total. The van der Waals surface area contributed by atoms with E-state index in [4.69, 9.17) is 17.3 Å². The minimum atomic E-state index is -0.438. The molecule has 7 nitrogen and oxygen atoms in total. The second-order valence-corrected chi connectivity index (χ2v) is 5.44. The van der Waals surface area contributed by atoms with Crippen LogP contribution in [-0.2, 0) is 0 Å². The number of rotatable bonds is 2. The van der Waals surface area contributed by atoms with Crippen LogP contribution >= 0.6 is 11.6 Å². The van der Waals surface area contributed by atoms with Crippen LogP contribution in [0.5, 0.6) is 0 Å². The minimum absolute atomic E-state index is 0.00407. The predicted molar refractivity (Wildman–Crippen MR) is 81.1 cm³/mol. The fourth-order valence-corrected chi connectivity index (χ4v) is 2.65. The van der Waals surface area contributed by atoms with Gasteiger partial charge < -0.3 is 21.7 Å². The molecule has 0 saturated carbocycles. The van der Waals surface area contributed by atoms with Crippen LogP contribution in [0.1, 0.15) is 6.92 Å². The number of non-ortho nitro benzene ring substituents is 1. The van der Waals surface area contributed by atoms with Crippen LogP contribution in [0.25, 0.3) is 11.0 Å². The second kappa shape index (κ2) is 6.30. The lowest BCUT2D eigenvalue weighted by atomic mass is 10.1. The summed E-state index contributed by atoms with van der Waals surface area (Å²) in [7, 11) is 0. The molecule has 1 fully saturated rings. The first-order valence-corrected chi connectivity index (χ1v) is 7.03. The number of nitrogens with zero attached hydrogens (tertiary/aromatic N) is 2. The number of nitro groups is 1. The average molecular weight is 313 g/mol. The molecule has 1 aromatic carbocycles. The summed E-state index contributed by atoms with van der Waals surface area (Å²) < 4.78 is 0. The molecule has 114 valence electrons. The van der Waals surface area contributed by atoms with Gasteiger partial charge in [0, 0.05) is 43.0 Å². The van der Waals surface area contributed by atoms with Gasteiger partial charge in [0.2, 0.25) is 5.82 Å². The van der Waals surface area contributed by atoms with Gasteiger partial charge in [-0.15, -0.1) is 0 Å². The molecule has 0 bridgehead atoms. The molecule has 1 aliphatic rings. The van der Waals surface area contributed by atoms with Crippen LogP contribution in [0, 0.1) is 10.1 Å². The van der Waals surface area contributed by atoms with E-state index in [0.717, 1.165) is 19.6 Å². The molecule has 0 aliphatic carbocycles. The number of hydrogen-bond acceptors (Lipinski definition) is 5. The molecule has 0 unspecified atom stereocenters. The van der Waals surface area contributed by atoms with Gasteiger partial charge in [0.15, 0.2) is 0 Å². The van der Waals surface area contributed by atoms with E-state index in [0.29, 0.717) is 16.3 Å². The van der Waals surface area contributed by atoms with E-state index < -0.39 is 4.92 Å². The molecule has 0 amide bonds. The van der Waals surface area contributed by atoms with Crippen LogP contribution in [0.4, 0.5) is 5.69 Å². The van der Waals surface area contributed by atoms with E-state index in [1.54, 1.807) is 6.07 Å². The molecular formula is C13H19ClN5O2+. The monoisotopic (exact) mass is 312 g/mol. The van der Waals surface area contributed by atoms with E-state index in [-0.39, 0.29) is 16.9 Å². The van der Waals surface area contributed by atoms with Gasteiger partial charge in [-0.3, -0.25) is 10.1 Å². The Labute approximate surface area is 127 Å². The number of benzene rings is 1. The SMILES string of the molecule is C[C@@H]1CNCCN1/C([NH3+])=c1\cc([N+](=O)[O-])cc\c1=C(\N)Cl. The van der Waals surface area contributed by atoms with Crippen LogP contribution in [0.2, 0.25) is 0 Å². The first-order valence-electron chi connectivity index (χ1n) is 6.65. The third kappa shape index (κ3) is 3.26. The molecule has 0 spiro atoms. The second-order valence-electron chi connectivity index (χ2n) is 5.03. The van der Waals surface area contributed by atoms with Crippen molar-refractivity contribution in [2.45, 2.75) is 13.0 Å². The number of nitro benzene ring substituents is 1. The summed E-state index contributed by atoms with van der Waals surface area (Å²) in [5, 5.41) is 15.5. The number of nitrogens with one attached hydrogen (secondary N) is 1. The normalized spacial score (nSPS) is 21.9. The average Bonchev–Trinajstić information content (AvgIpc) is 2.46. The van der Waals surface area contributed by atoms with Gasteiger partial charge in [-0.25, -0.2) is 0 Å². The highest BCUT2D eigenvalue weighted by Gasteiger charge is 2.22. The molecule has 1 aromatic rings. The van der Waals surface area contributed by atoms with Crippen molar-refractivity contribution in [2.75, 3.05) is 19.6 Å². The van der Waals surface area contributed by atoms with Crippen molar-refractivity contribution in [3.05, 3.63) is 38.8 Å². The molecule has 0 radical (unpaired) electrons. The Balaban J connectivity index is 2.69. The number of halogens is 1. The first-order chi connectivity index (χ1) is 9.91. The van der Waals surface area contributed by atoms with Crippen molar-refractivity contribution in [1.29, 1.82) is 0 Å². The zero-order valence-electron chi connectivity index (χ0n) is 11.8. The fraction of sp³-hybridized carbons (Fsp3) is 0.385. The minimum Gasteiger partial charge on any atom is -0.389 e. The largest absolute Gasteiger partial charge is 0.389 e. The Morgan fingerprint density at radius 3 is 2.86 bits per heavy atom. The van der Waals surface area contributed by atoms with E-state index in [1.807, 2.05) is 0 Å². The lowest BCUT2D eigenvalue weighted by Gasteiger charge is -2.33. The van der Waals surface area contributed by atoms with Crippen molar-refractivity contribution >= 4 is 28.3 Å². The quantitative estimate of drug-likeness (QED) is 0.348. The summed E-state index contributed by atoms with van der Waals surface area (Å²) in [5.41, 5.74) is 9.77. The molecule has 2 rings (SSSR count). The highest BCUT2D eigenvalue weighted by molar-refractivity contribution is 6.44. The highest BCUT2D eigenvalue weighted by atomic mass is 35.5. The van der Waals surface area contributed by atoms with Gasteiger partial charge >= 0.3 is 0 Å². The molecule has 8 heteroatoms. The van der Waals surface area contributed by atoms with Crippen LogP contribution in [-0.4, -0.2) is 35.5 Å². The maximum Gasteiger partial charge on any atom is 0.270 e. The van der Waals surface area contributed by atoms with E-state index in [1.165, 1.54) is 12.1 Å². The van der Waals surface area contributed by atoms with Crippen molar-refractivity contribution in [2.24, 2.45) is 5.73 Å². The Kier molecular flexibility index (Phi) is 4.66. The van der Waals surface area contributed by atoms with E-state index >= 15 is 0 Å². The van der Waals surface area contributed by atoms with Crippen molar-refractivity contribution in [3.8, 4) is 0 Å². The summed E-state index contributed by atoms with van der Waals surface area (Å²) in [5.74, 6) is 0.700. The van der Waals surface area contributed by atoms with E-state index in [9.17, 15) is 10.1 Å². The third-order valence-corrected chi connectivity index (χ3v) is 3.83. The zero-order valence-corrected chi connectivity index (χ0v) is 12.6. The molecule has 21 heavy (non-hydrogen) atoms. The maximum atomic E-state index is 11.0. The van der Waals surface area contributed by atoms with Gasteiger partial charge in [-0.1, -0.05) is 11.6 Å². The van der Waals surface area contributed by atoms with Gasteiger partial charge in [0.1, 0.15) is 5.16 Å². The highest BCUT2D eigenvalue weighted by Crippen LogP contribution is 2.08. The number of quaternary nitrogens is 1. The lowest BCUT2D eigenvalue weighted by Crippen LogP contribution is -2.64. The summed E-state index contributed by atoms with van der Waals surface area (Å²) in [6.45, 7) is 4.53. The van der Waals surface area contributed by atoms with Gasteiger partial charge in [0.05, 0.1) is 10.1 Å². The van der Waals surface area contributed by atoms with Crippen LogP contribution < -0.4 is 27.2 Å². The lowest BCUT2D eigenvalue weighted by molar-refractivity contribution is -0.385. The predicted octanol–water partition coefficient (Wildman–Crippen LogP) is -1.54. The third-order valence-electron chi connectivity index (χ3n) is 3.63. The number of piperazine rings is 1. The van der Waals surface area contributed by atoms with Gasteiger partial charge in [-0.05, 0) is 13.0 Å². The standard InChI is InChI=1S/C13H18ClN5O2/c1-8-7-17-4-5-18(8)13(16)11-6-9(19(20)21)2-3-10(11)12(14)15/h2-3,6,8,17H,4-5,7,15-16H2,1H3/p+1/b12-10-,13-11+/t8-/m1/s1. The van der Waals surface area contributed by atoms with Crippen LogP contribution in [0.3, 0.4) is 0 Å². The molecule has 1 saturated heterocycles. The van der Waals surface area contributed by atoms with Gasteiger partial charge in [0.25, 0.3) is 5.69 Å². The Morgan fingerprint density at radius 2 is 2.29 bits per heavy atom. The molecular weight excluding hydrogens is 294 g/mol. The molecule has 1 heterocycles.